The highest BCUT2D eigenvalue weighted by molar-refractivity contribution is 5.68. The normalized spacial score (nSPS) is 15.1. The van der Waals surface area contributed by atoms with E-state index in [-0.39, 0.29) is 6.09 Å². The SMILES string of the molecule is COc1nc2c(cc1N)CCN(C(=O)OC(C)(C)C)CC2. The molecule has 2 rings (SSSR count). The van der Waals surface area contributed by atoms with Crippen molar-refractivity contribution in [3.8, 4) is 5.88 Å². The second-order valence-corrected chi connectivity index (χ2v) is 6.16. The number of carbonyl (C=O) groups excluding carboxylic acids is 1. The monoisotopic (exact) mass is 293 g/mol. The highest BCUT2D eigenvalue weighted by Crippen LogP contribution is 2.25. The Morgan fingerprint density at radius 2 is 2.00 bits per heavy atom. The number of fused-ring (bicyclic) bond motifs is 1. The zero-order chi connectivity index (χ0) is 15.6. The molecule has 6 heteroatoms. The Morgan fingerprint density at radius 1 is 1.33 bits per heavy atom. The molecule has 6 nitrogen and oxygen atoms in total. The standard InChI is InChI=1S/C15H23N3O3/c1-15(2,3)21-14(19)18-7-5-10-9-11(16)13(20-4)17-12(10)6-8-18/h9H,5-8,16H2,1-4H3. The highest BCUT2D eigenvalue weighted by Gasteiger charge is 2.25. The first-order chi connectivity index (χ1) is 9.80. The van der Waals surface area contributed by atoms with Crippen molar-refractivity contribution in [1.29, 1.82) is 0 Å². The molecule has 0 aromatic carbocycles. The predicted octanol–water partition coefficient (Wildman–Crippen LogP) is 2.01. The predicted molar refractivity (Wildman–Crippen MR) is 80.4 cm³/mol. The molecular weight excluding hydrogens is 270 g/mol. The summed E-state index contributed by atoms with van der Waals surface area (Å²) in [6.45, 7) is 6.79. The summed E-state index contributed by atoms with van der Waals surface area (Å²) in [5.74, 6) is 0.444. The molecule has 0 fully saturated rings. The molecule has 2 N–H and O–H groups in total. The molecule has 1 aliphatic rings. The summed E-state index contributed by atoms with van der Waals surface area (Å²) in [6, 6.07) is 1.89. The molecule has 21 heavy (non-hydrogen) atoms. The van der Waals surface area contributed by atoms with Gasteiger partial charge in [-0.05, 0) is 38.8 Å². The fraction of sp³-hybridized carbons (Fsp3) is 0.600. The Kier molecular flexibility index (Phi) is 4.25. The number of anilines is 1. The van der Waals surface area contributed by atoms with E-state index in [1.165, 1.54) is 0 Å². The average molecular weight is 293 g/mol. The molecule has 0 atom stereocenters. The Balaban J connectivity index is 2.12. The van der Waals surface area contributed by atoms with Crippen LogP contribution in [-0.4, -0.2) is 41.8 Å². The van der Waals surface area contributed by atoms with Crippen LogP contribution in [0.4, 0.5) is 10.5 Å². The van der Waals surface area contributed by atoms with Gasteiger partial charge in [-0.1, -0.05) is 0 Å². The van der Waals surface area contributed by atoms with Gasteiger partial charge in [0.05, 0.1) is 12.8 Å². The number of methoxy groups -OCH3 is 1. The maximum Gasteiger partial charge on any atom is 0.410 e. The first-order valence-corrected chi connectivity index (χ1v) is 7.10. The highest BCUT2D eigenvalue weighted by atomic mass is 16.6. The minimum Gasteiger partial charge on any atom is -0.480 e. The number of hydrogen-bond acceptors (Lipinski definition) is 5. The van der Waals surface area contributed by atoms with Crippen molar-refractivity contribution >= 4 is 11.8 Å². The van der Waals surface area contributed by atoms with Crippen LogP contribution in [-0.2, 0) is 17.6 Å². The van der Waals surface area contributed by atoms with E-state index in [0.717, 1.165) is 17.7 Å². The van der Waals surface area contributed by atoms with Crippen molar-refractivity contribution < 1.29 is 14.3 Å². The van der Waals surface area contributed by atoms with Gasteiger partial charge in [0, 0.05) is 25.2 Å². The smallest absolute Gasteiger partial charge is 0.410 e. The Morgan fingerprint density at radius 3 is 2.62 bits per heavy atom. The number of ether oxygens (including phenoxy) is 2. The third-order valence-corrected chi connectivity index (χ3v) is 3.30. The molecule has 1 aromatic heterocycles. The van der Waals surface area contributed by atoms with E-state index in [9.17, 15) is 4.79 Å². The van der Waals surface area contributed by atoms with Crippen molar-refractivity contribution in [3.63, 3.8) is 0 Å². The molecule has 0 aliphatic carbocycles. The molecule has 0 radical (unpaired) electrons. The fourth-order valence-electron chi connectivity index (χ4n) is 2.31. The van der Waals surface area contributed by atoms with Crippen LogP contribution in [0.25, 0.3) is 0 Å². The molecule has 0 bridgehead atoms. The summed E-state index contributed by atoms with van der Waals surface area (Å²) in [5, 5.41) is 0. The third-order valence-electron chi connectivity index (χ3n) is 3.30. The van der Waals surface area contributed by atoms with Crippen LogP contribution in [0.2, 0.25) is 0 Å². The zero-order valence-electron chi connectivity index (χ0n) is 13.1. The van der Waals surface area contributed by atoms with Crippen LogP contribution in [0.1, 0.15) is 32.0 Å². The van der Waals surface area contributed by atoms with E-state index in [2.05, 4.69) is 4.98 Å². The van der Waals surface area contributed by atoms with Gasteiger partial charge >= 0.3 is 6.09 Å². The fourth-order valence-corrected chi connectivity index (χ4v) is 2.31. The third kappa shape index (κ3) is 3.77. The van der Waals surface area contributed by atoms with E-state index in [0.29, 0.717) is 31.1 Å². The summed E-state index contributed by atoms with van der Waals surface area (Å²) in [6.07, 6.45) is 1.11. The molecule has 116 valence electrons. The molecule has 0 spiro atoms. The lowest BCUT2D eigenvalue weighted by atomic mass is 10.1. The lowest BCUT2D eigenvalue weighted by Crippen LogP contribution is -2.38. The van der Waals surface area contributed by atoms with Crippen molar-refractivity contribution in [2.75, 3.05) is 25.9 Å². The average Bonchev–Trinajstić information content (AvgIpc) is 2.57. The number of nitrogens with zero attached hydrogens (tertiary/aromatic N) is 2. The molecule has 1 aromatic rings. The van der Waals surface area contributed by atoms with Gasteiger partial charge in [0.1, 0.15) is 5.60 Å². The van der Waals surface area contributed by atoms with Crippen molar-refractivity contribution in [1.82, 2.24) is 9.88 Å². The quantitative estimate of drug-likeness (QED) is 0.857. The first kappa shape index (κ1) is 15.4. The van der Waals surface area contributed by atoms with Crippen LogP contribution < -0.4 is 10.5 Å². The number of hydrogen-bond donors (Lipinski definition) is 1. The van der Waals surface area contributed by atoms with Crippen LogP contribution in [0, 0.1) is 0 Å². The molecule has 0 unspecified atom stereocenters. The van der Waals surface area contributed by atoms with Crippen LogP contribution in [0.3, 0.4) is 0 Å². The number of carbonyl (C=O) groups is 1. The second-order valence-electron chi connectivity index (χ2n) is 6.16. The summed E-state index contributed by atoms with van der Waals surface area (Å²) in [4.78, 5) is 18.3. The van der Waals surface area contributed by atoms with Gasteiger partial charge in [-0.3, -0.25) is 0 Å². The van der Waals surface area contributed by atoms with E-state index >= 15 is 0 Å². The van der Waals surface area contributed by atoms with Crippen molar-refractivity contribution in [2.24, 2.45) is 0 Å². The Labute approximate surface area is 125 Å². The molecule has 0 saturated carbocycles. The number of amides is 1. The number of pyridine rings is 1. The van der Waals surface area contributed by atoms with Gasteiger partial charge in [-0.2, -0.15) is 0 Å². The first-order valence-electron chi connectivity index (χ1n) is 7.10. The second kappa shape index (κ2) is 5.79. The van der Waals surface area contributed by atoms with Gasteiger partial charge < -0.3 is 20.1 Å². The molecule has 1 amide bonds. The molecular formula is C15H23N3O3. The summed E-state index contributed by atoms with van der Waals surface area (Å²) < 4.78 is 10.6. The van der Waals surface area contributed by atoms with Crippen molar-refractivity contribution in [3.05, 3.63) is 17.3 Å². The van der Waals surface area contributed by atoms with Crippen LogP contribution >= 0.6 is 0 Å². The Bertz CT molecular complexity index is 538. The van der Waals surface area contributed by atoms with Gasteiger partial charge in [0.2, 0.25) is 5.88 Å². The van der Waals surface area contributed by atoms with Gasteiger partial charge in [0.25, 0.3) is 0 Å². The van der Waals surface area contributed by atoms with Gasteiger partial charge in [-0.15, -0.1) is 0 Å². The van der Waals surface area contributed by atoms with Gasteiger partial charge in [0.15, 0.2) is 0 Å². The lowest BCUT2D eigenvalue weighted by Gasteiger charge is -2.26. The number of rotatable bonds is 1. The number of aromatic nitrogens is 1. The summed E-state index contributed by atoms with van der Waals surface area (Å²) >= 11 is 0. The van der Waals surface area contributed by atoms with E-state index in [1.807, 2.05) is 26.8 Å². The topological polar surface area (TPSA) is 77.7 Å². The van der Waals surface area contributed by atoms with E-state index in [4.69, 9.17) is 15.2 Å². The summed E-state index contributed by atoms with van der Waals surface area (Å²) in [5.41, 5.74) is 7.94. The Hall–Kier alpha value is -1.98. The van der Waals surface area contributed by atoms with E-state index < -0.39 is 5.60 Å². The maximum atomic E-state index is 12.1. The van der Waals surface area contributed by atoms with Crippen LogP contribution in [0.5, 0.6) is 5.88 Å². The number of nitrogens with two attached hydrogens (primary N) is 1. The maximum absolute atomic E-state index is 12.1. The lowest BCUT2D eigenvalue weighted by molar-refractivity contribution is 0.0258. The summed E-state index contributed by atoms with van der Waals surface area (Å²) in [7, 11) is 1.55. The minimum atomic E-state index is -0.484. The molecule has 0 saturated heterocycles. The number of nitrogen functional groups attached to an aromatic ring is 1. The molecule has 1 aliphatic heterocycles. The van der Waals surface area contributed by atoms with Crippen LogP contribution in [0.15, 0.2) is 6.07 Å². The van der Waals surface area contributed by atoms with E-state index in [1.54, 1.807) is 12.0 Å². The van der Waals surface area contributed by atoms with Crippen molar-refractivity contribution in [2.45, 2.75) is 39.2 Å². The zero-order valence-corrected chi connectivity index (χ0v) is 13.1. The molecule has 2 heterocycles. The minimum absolute atomic E-state index is 0.282. The largest absolute Gasteiger partial charge is 0.480 e. The van der Waals surface area contributed by atoms with Gasteiger partial charge in [-0.25, -0.2) is 9.78 Å².